The largest absolute Gasteiger partial charge is 0.367 e. The standard InChI is InChI=1S/C11H20ClNO2/c1-8(2)10(14)13-6-9(5-12)15-11(3,4)7-13/h8-9H,5-7H2,1-4H3. The number of carbonyl (C=O) groups excluding carboxylic acids is 1. The number of halogens is 1. The molecule has 1 fully saturated rings. The average molecular weight is 234 g/mol. The van der Waals surface area contributed by atoms with Gasteiger partial charge in [-0.2, -0.15) is 0 Å². The molecule has 0 saturated carbocycles. The van der Waals surface area contributed by atoms with Crippen molar-refractivity contribution in [3.8, 4) is 0 Å². The minimum atomic E-state index is -0.289. The van der Waals surface area contributed by atoms with Crippen molar-refractivity contribution in [2.24, 2.45) is 5.92 Å². The second-order valence-corrected chi connectivity index (χ2v) is 5.34. The van der Waals surface area contributed by atoms with E-state index in [1.165, 1.54) is 0 Å². The summed E-state index contributed by atoms with van der Waals surface area (Å²) in [5.74, 6) is 0.655. The Morgan fingerprint density at radius 3 is 2.67 bits per heavy atom. The van der Waals surface area contributed by atoms with E-state index in [2.05, 4.69) is 0 Å². The summed E-state index contributed by atoms with van der Waals surface area (Å²) in [5.41, 5.74) is -0.289. The summed E-state index contributed by atoms with van der Waals surface area (Å²) >= 11 is 5.79. The zero-order valence-corrected chi connectivity index (χ0v) is 10.7. The first-order chi connectivity index (χ1) is 6.85. The SMILES string of the molecule is CC(C)C(=O)N1CC(CCl)OC(C)(C)C1. The summed E-state index contributed by atoms with van der Waals surface area (Å²) in [6, 6.07) is 0. The number of alkyl halides is 1. The zero-order valence-electron chi connectivity index (χ0n) is 9.92. The molecule has 1 saturated heterocycles. The molecule has 0 radical (unpaired) electrons. The second kappa shape index (κ2) is 4.71. The normalized spacial score (nSPS) is 25.7. The van der Waals surface area contributed by atoms with Gasteiger partial charge in [0.25, 0.3) is 0 Å². The molecule has 1 aliphatic rings. The Bertz CT molecular complexity index is 241. The van der Waals surface area contributed by atoms with Gasteiger partial charge in [0.05, 0.1) is 17.6 Å². The van der Waals surface area contributed by atoms with Crippen molar-refractivity contribution >= 4 is 17.5 Å². The molecule has 4 heteroatoms. The van der Waals surface area contributed by atoms with Crippen LogP contribution >= 0.6 is 11.6 Å². The quantitative estimate of drug-likeness (QED) is 0.682. The summed E-state index contributed by atoms with van der Waals surface area (Å²) in [7, 11) is 0. The van der Waals surface area contributed by atoms with Crippen LogP contribution < -0.4 is 0 Å². The number of morpholine rings is 1. The van der Waals surface area contributed by atoms with Gasteiger partial charge in [0.15, 0.2) is 0 Å². The van der Waals surface area contributed by atoms with Gasteiger partial charge >= 0.3 is 0 Å². The fraction of sp³-hybridized carbons (Fsp3) is 0.909. The lowest BCUT2D eigenvalue weighted by molar-refractivity contribution is -0.160. The molecule has 0 aliphatic carbocycles. The number of hydrogen-bond donors (Lipinski definition) is 0. The first-order valence-corrected chi connectivity index (χ1v) is 5.92. The maximum absolute atomic E-state index is 11.9. The zero-order chi connectivity index (χ0) is 11.6. The van der Waals surface area contributed by atoms with Crippen molar-refractivity contribution in [1.29, 1.82) is 0 Å². The van der Waals surface area contributed by atoms with Gasteiger partial charge in [-0.05, 0) is 13.8 Å². The Morgan fingerprint density at radius 2 is 2.20 bits per heavy atom. The summed E-state index contributed by atoms with van der Waals surface area (Å²) < 4.78 is 5.76. The average Bonchev–Trinajstić information content (AvgIpc) is 2.13. The molecular formula is C11H20ClNO2. The summed E-state index contributed by atoms with van der Waals surface area (Å²) in [4.78, 5) is 13.7. The first-order valence-electron chi connectivity index (χ1n) is 5.38. The van der Waals surface area contributed by atoms with Crippen LogP contribution in [0.25, 0.3) is 0 Å². The Hall–Kier alpha value is -0.280. The molecule has 0 aromatic heterocycles. The lowest BCUT2D eigenvalue weighted by Crippen LogP contribution is -2.55. The summed E-state index contributed by atoms with van der Waals surface area (Å²) in [6.07, 6.45) is -0.0434. The third-order valence-corrected chi connectivity index (χ3v) is 2.80. The highest BCUT2D eigenvalue weighted by Crippen LogP contribution is 2.22. The van der Waals surface area contributed by atoms with Crippen LogP contribution in [-0.4, -0.2) is 41.5 Å². The van der Waals surface area contributed by atoms with Crippen LogP contribution in [-0.2, 0) is 9.53 Å². The van der Waals surface area contributed by atoms with Gasteiger partial charge in [0, 0.05) is 19.0 Å². The highest BCUT2D eigenvalue weighted by molar-refractivity contribution is 6.18. The monoisotopic (exact) mass is 233 g/mol. The maximum Gasteiger partial charge on any atom is 0.225 e. The van der Waals surface area contributed by atoms with E-state index >= 15 is 0 Å². The number of nitrogens with zero attached hydrogens (tertiary/aromatic N) is 1. The molecule has 1 unspecified atom stereocenters. The summed E-state index contributed by atoms with van der Waals surface area (Å²) in [5, 5.41) is 0. The molecule has 0 spiro atoms. The van der Waals surface area contributed by atoms with Crippen LogP contribution in [0.15, 0.2) is 0 Å². The lowest BCUT2D eigenvalue weighted by atomic mass is 10.0. The van der Waals surface area contributed by atoms with E-state index in [-0.39, 0.29) is 23.5 Å². The summed E-state index contributed by atoms with van der Waals surface area (Å²) in [6.45, 7) is 9.08. The van der Waals surface area contributed by atoms with Crippen molar-refractivity contribution in [3.05, 3.63) is 0 Å². The van der Waals surface area contributed by atoms with Crippen molar-refractivity contribution < 1.29 is 9.53 Å². The predicted octanol–water partition coefficient (Wildman–Crippen LogP) is 1.89. The van der Waals surface area contributed by atoms with Crippen molar-refractivity contribution in [1.82, 2.24) is 4.90 Å². The van der Waals surface area contributed by atoms with Gasteiger partial charge < -0.3 is 9.64 Å². The first kappa shape index (κ1) is 12.8. The molecule has 1 heterocycles. The van der Waals surface area contributed by atoms with E-state index in [1.54, 1.807) is 0 Å². The Labute approximate surface area is 96.7 Å². The van der Waals surface area contributed by atoms with Crippen LogP contribution in [0.4, 0.5) is 0 Å². The molecule has 1 amide bonds. The topological polar surface area (TPSA) is 29.5 Å². The van der Waals surface area contributed by atoms with Crippen LogP contribution in [0.2, 0.25) is 0 Å². The third kappa shape index (κ3) is 3.35. The molecule has 15 heavy (non-hydrogen) atoms. The lowest BCUT2D eigenvalue weighted by Gasteiger charge is -2.42. The van der Waals surface area contributed by atoms with Gasteiger partial charge in [-0.1, -0.05) is 13.8 Å². The Balaban J connectivity index is 2.70. The highest BCUT2D eigenvalue weighted by Gasteiger charge is 2.35. The van der Waals surface area contributed by atoms with E-state index in [4.69, 9.17) is 16.3 Å². The molecule has 88 valence electrons. The van der Waals surface area contributed by atoms with Gasteiger partial charge in [-0.15, -0.1) is 11.6 Å². The number of ether oxygens (including phenoxy) is 1. The molecule has 0 N–H and O–H groups in total. The maximum atomic E-state index is 11.9. The molecule has 3 nitrogen and oxygen atoms in total. The van der Waals surface area contributed by atoms with Gasteiger partial charge in [-0.25, -0.2) is 0 Å². The molecule has 0 aromatic rings. The number of carbonyl (C=O) groups is 1. The predicted molar refractivity (Wildman–Crippen MR) is 61.1 cm³/mol. The third-order valence-electron chi connectivity index (χ3n) is 2.46. The van der Waals surface area contributed by atoms with Crippen molar-refractivity contribution in [2.45, 2.75) is 39.4 Å². The minimum absolute atomic E-state index is 0.0369. The molecule has 0 bridgehead atoms. The molecule has 1 aliphatic heterocycles. The van der Waals surface area contributed by atoms with Crippen LogP contribution in [0.3, 0.4) is 0 Å². The van der Waals surface area contributed by atoms with Crippen LogP contribution in [0.5, 0.6) is 0 Å². The Kier molecular flexibility index (Phi) is 4.01. The highest BCUT2D eigenvalue weighted by atomic mass is 35.5. The fourth-order valence-electron chi connectivity index (χ4n) is 1.91. The molecule has 1 rings (SSSR count). The van der Waals surface area contributed by atoms with Crippen LogP contribution in [0, 0.1) is 5.92 Å². The van der Waals surface area contributed by atoms with E-state index in [9.17, 15) is 4.79 Å². The number of hydrogen-bond acceptors (Lipinski definition) is 2. The van der Waals surface area contributed by atoms with Crippen LogP contribution in [0.1, 0.15) is 27.7 Å². The second-order valence-electron chi connectivity index (χ2n) is 5.03. The Morgan fingerprint density at radius 1 is 1.60 bits per heavy atom. The van der Waals surface area contributed by atoms with Crippen molar-refractivity contribution in [3.63, 3.8) is 0 Å². The fourth-order valence-corrected chi connectivity index (χ4v) is 2.07. The van der Waals surface area contributed by atoms with E-state index in [0.717, 1.165) is 0 Å². The van der Waals surface area contributed by atoms with Gasteiger partial charge in [0.2, 0.25) is 5.91 Å². The molecular weight excluding hydrogens is 214 g/mol. The molecule has 1 atom stereocenters. The number of amides is 1. The van der Waals surface area contributed by atoms with E-state index < -0.39 is 0 Å². The van der Waals surface area contributed by atoms with Gasteiger partial charge in [0.1, 0.15) is 0 Å². The minimum Gasteiger partial charge on any atom is -0.367 e. The van der Waals surface area contributed by atoms with E-state index in [0.29, 0.717) is 19.0 Å². The smallest absolute Gasteiger partial charge is 0.225 e. The molecule has 0 aromatic carbocycles. The van der Waals surface area contributed by atoms with Crippen molar-refractivity contribution in [2.75, 3.05) is 19.0 Å². The van der Waals surface area contributed by atoms with Gasteiger partial charge in [-0.3, -0.25) is 4.79 Å². The van der Waals surface area contributed by atoms with E-state index in [1.807, 2.05) is 32.6 Å². The number of rotatable bonds is 2.